The lowest BCUT2D eigenvalue weighted by Gasteiger charge is -2.44. The van der Waals surface area contributed by atoms with Crippen LogP contribution in [-0.2, 0) is 4.79 Å². The van der Waals surface area contributed by atoms with E-state index in [0.717, 1.165) is 0 Å². The third-order valence-corrected chi connectivity index (χ3v) is 2.28. The van der Waals surface area contributed by atoms with Gasteiger partial charge in [-0.15, -0.1) is 0 Å². The van der Waals surface area contributed by atoms with E-state index in [4.69, 9.17) is 5.11 Å². The molecule has 1 rings (SSSR count). The van der Waals surface area contributed by atoms with Crippen LogP contribution in [0.3, 0.4) is 0 Å². The molecule has 3 atom stereocenters. The maximum absolute atomic E-state index is 11.0. The van der Waals surface area contributed by atoms with E-state index in [9.17, 15) is 4.79 Å². The van der Waals surface area contributed by atoms with Gasteiger partial charge < -0.3 is 10.0 Å². The second-order valence-corrected chi connectivity index (χ2v) is 2.96. The van der Waals surface area contributed by atoms with Gasteiger partial charge >= 0.3 is 0 Å². The number of carbonyl (C=O) groups is 1. The fourth-order valence-electron chi connectivity index (χ4n) is 1.41. The standard InChI is InChI=1S/C7H13NO2/c1-4-6(5(2)9)7(10)8(4)3/h4-6,9H,1-3H3. The molecule has 1 saturated heterocycles. The number of hydrogen-bond donors (Lipinski definition) is 1. The molecule has 3 nitrogen and oxygen atoms in total. The van der Waals surface area contributed by atoms with Gasteiger partial charge in [0.1, 0.15) is 0 Å². The highest BCUT2D eigenvalue weighted by Crippen LogP contribution is 2.26. The van der Waals surface area contributed by atoms with E-state index in [1.165, 1.54) is 0 Å². The van der Waals surface area contributed by atoms with E-state index in [-0.39, 0.29) is 17.9 Å². The first-order valence-corrected chi connectivity index (χ1v) is 3.50. The van der Waals surface area contributed by atoms with Gasteiger partial charge in [-0.3, -0.25) is 4.79 Å². The summed E-state index contributed by atoms with van der Waals surface area (Å²) in [6, 6.07) is 0.201. The van der Waals surface area contributed by atoms with Crippen LogP contribution in [0.5, 0.6) is 0 Å². The van der Waals surface area contributed by atoms with Crippen molar-refractivity contribution in [1.82, 2.24) is 4.90 Å². The van der Waals surface area contributed by atoms with Crippen molar-refractivity contribution in [2.45, 2.75) is 26.0 Å². The molecule has 1 aliphatic rings. The van der Waals surface area contributed by atoms with Crippen molar-refractivity contribution in [2.24, 2.45) is 5.92 Å². The number of hydrogen-bond acceptors (Lipinski definition) is 2. The molecule has 0 aromatic rings. The zero-order valence-electron chi connectivity index (χ0n) is 6.53. The SMILES string of the molecule is CC(O)C1C(=O)N(C)C1C. The molecular weight excluding hydrogens is 130 g/mol. The summed E-state index contributed by atoms with van der Waals surface area (Å²) >= 11 is 0. The number of β-lactam (4-membered cyclic amide) rings is 1. The number of likely N-dealkylation sites (tertiary alicyclic amines) is 1. The molecule has 1 N–H and O–H groups in total. The Kier molecular flexibility index (Phi) is 1.68. The summed E-state index contributed by atoms with van der Waals surface area (Å²) in [6.45, 7) is 3.60. The van der Waals surface area contributed by atoms with Gasteiger partial charge in [0, 0.05) is 13.1 Å². The lowest BCUT2D eigenvalue weighted by molar-refractivity contribution is -0.159. The van der Waals surface area contributed by atoms with Gasteiger partial charge in [-0.1, -0.05) is 0 Å². The Morgan fingerprint density at radius 1 is 1.70 bits per heavy atom. The topological polar surface area (TPSA) is 40.5 Å². The molecule has 0 spiro atoms. The number of rotatable bonds is 1. The summed E-state index contributed by atoms with van der Waals surface area (Å²) in [4.78, 5) is 12.6. The monoisotopic (exact) mass is 143 g/mol. The fraction of sp³-hybridized carbons (Fsp3) is 0.857. The molecule has 1 heterocycles. The van der Waals surface area contributed by atoms with E-state index in [2.05, 4.69) is 0 Å². The fourth-order valence-corrected chi connectivity index (χ4v) is 1.41. The van der Waals surface area contributed by atoms with Gasteiger partial charge in [0.15, 0.2) is 0 Å². The molecule has 0 saturated carbocycles. The Hall–Kier alpha value is -0.570. The largest absolute Gasteiger partial charge is 0.393 e. The van der Waals surface area contributed by atoms with Crippen molar-refractivity contribution >= 4 is 5.91 Å². The highest BCUT2D eigenvalue weighted by atomic mass is 16.3. The second-order valence-electron chi connectivity index (χ2n) is 2.96. The van der Waals surface area contributed by atoms with E-state index >= 15 is 0 Å². The third-order valence-electron chi connectivity index (χ3n) is 2.28. The van der Waals surface area contributed by atoms with E-state index < -0.39 is 6.10 Å². The number of nitrogens with zero attached hydrogens (tertiary/aromatic N) is 1. The minimum absolute atomic E-state index is 0.0579. The second kappa shape index (κ2) is 2.23. The summed E-state index contributed by atoms with van der Waals surface area (Å²) in [5, 5.41) is 9.08. The molecule has 0 aliphatic carbocycles. The van der Waals surface area contributed by atoms with Crippen LogP contribution < -0.4 is 0 Å². The van der Waals surface area contributed by atoms with Crippen molar-refractivity contribution < 1.29 is 9.90 Å². The summed E-state index contributed by atoms with van der Waals surface area (Å²) in [5.41, 5.74) is 0. The maximum Gasteiger partial charge on any atom is 0.230 e. The predicted molar refractivity (Wildman–Crippen MR) is 37.4 cm³/mol. The Bertz CT molecular complexity index is 156. The summed E-state index contributed by atoms with van der Waals surface area (Å²) in [5.74, 6) is -0.104. The van der Waals surface area contributed by atoms with Crippen molar-refractivity contribution in [3.8, 4) is 0 Å². The van der Waals surface area contributed by atoms with Gasteiger partial charge in [-0.25, -0.2) is 0 Å². The normalized spacial score (nSPS) is 35.6. The van der Waals surface area contributed by atoms with Crippen LogP contribution in [0.2, 0.25) is 0 Å². The molecule has 3 unspecified atom stereocenters. The molecule has 1 fully saturated rings. The quantitative estimate of drug-likeness (QED) is 0.518. The molecular formula is C7H13NO2. The van der Waals surface area contributed by atoms with Crippen LogP contribution in [0, 0.1) is 5.92 Å². The number of amides is 1. The molecule has 0 radical (unpaired) electrons. The van der Waals surface area contributed by atoms with Gasteiger partial charge in [0.25, 0.3) is 0 Å². The zero-order valence-corrected chi connectivity index (χ0v) is 6.53. The van der Waals surface area contributed by atoms with Crippen LogP contribution >= 0.6 is 0 Å². The number of aliphatic hydroxyl groups is 1. The van der Waals surface area contributed by atoms with Crippen LogP contribution in [0.25, 0.3) is 0 Å². The Morgan fingerprint density at radius 2 is 2.20 bits per heavy atom. The molecule has 0 aromatic carbocycles. The molecule has 58 valence electrons. The maximum atomic E-state index is 11.0. The van der Waals surface area contributed by atoms with Crippen LogP contribution in [-0.4, -0.2) is 35.1 Å². The lowest BCUT2D eigenvalue weighted by Crippen LogP contribution is -2.60. The molecule has 1 aliphatic heterocycles. The number of aliphatic hydroxyl groups excluding tert-OH is 1. The van der Waals surface area contributed by atoms with Crippen molar-refractivity contribution in [2.75, 3.05) is 7.05 Å². The van der Waals surface area contributed by atoms with Gasteiger partial charge in [0.2, 0.25) is 5.91 Å². The first-order valence-electron chi connectivity index (χ1n) is 3.50. The Labute approximate surface area is 60.6 Å². The minimum Gasteiger partial charge on any atom is -0.393 e. The Morgan fingerprint density at radius 3 is 2.40 bits per heavy atom. The van der Waals surface area contributed by atoms with E-state index in [1.807, 2.05) is 6.92 Å². The molecule has 1 amide bonds. The molecule has 0 aromatic heterocycles. The van der Waals surface area contributed by atoms with Crippen LogP contribution in [0.4, 0.5) is 0 Å². The van der Waals surface area contributed by atoms with Crippen molar-refractivity contribution in [3.05, 3.63) is 0 Å². The molecule has 3 heteroatoms. The van der Waals surface area contributed by atoms with Crippen molar-refractivity contribution in [1.29, 1.82) is 0 Å². The van der Waals surface area contributed by atoms with Crippen LogP contribution in [0.15, 0.2) is 0 Å². The average Bonchev–Trinajstić information content (AvgIpc) is 1.87. The van der Waals surface area contributed by atoms with E-state index in [0.29, 0.717) is 0 Å². The molecule has 0 bridgehead atoms. The first-order chi connectivity index (χ1) is 4.55. The zero-order chi connectivity index (χ0) is 7.89. The average molecular weight is 143 g/mol. The summed E-state index contributed by atoms with van der Waals surface area (Å²) in [6.07, 6.45) is -0.501. The third kappa shape index (κ3) is 0.814. The summed E-state index contributed by atoms with van der Waals surface area (Å²) in [7, 11) is 1.76. The van der Waals surface area contributed by atoms with Gasteiger partial charge in [-0.2, -0.15) is 0 Å². The van der Waals surface area contributed by atoms with Gasteiger partial charge in [-0.05, 0) is 13.8 Å². The molecule has 10 heavy (non-hydrogen) atoms. The predicted octanol–water partition coefficient (Wildman–Crippen LogP) is -0.156. The van der Waals surface area contributed by atoms with Crippen molar-refractivity contribution in [3.63, 3.8) is 0 Å². The lowest BCUT2D eigenvalue weighted by atomic mass is 9.85. The summed E-state index contributed by atoms with van der Waals surface area (Å²) < 4.78 is 0. The minimum atomic E-state index is -0.501. The van der Waals surface area contributed by atoms with Crippen LogP contribution in [0.1, 0.15) is 13.8 Å². The highest BCUT2D eigenvalue weighted by molar-refractivity contribution is 5.86. The number of carbonyl (C=O) groups excluding carboxylic acids is 1. The van der Waals surface area contributed by atoms with E-state index in [1.54, 1.807) is 18.9 Å². The highest BCUT2D eigenvalue weighted by Gasteiger charge is 2.44. The first kappa shape index (κ1) is 7.54. The Balaban J connectivity index is 2.58. The van der Waals surface area contributed by atoms with Gasteiger partial charge in [0.05, 0.1) is 12.0 Å². The smallest absolute Gasteiger partial charge is 0.230 e.